The fourth-order valence-electron chi connectivity index (χ4n) is 2.17. The highest BCUT2D eigenvalue weighted by atomic mass is 16.1. The summed E-state index contributed by atoms with van der Waals surface area (Å²) in [4.78, 5) is 11.6. The maximum absolute atomic E-state index is 11.6. The van der Waals surface area contributed by atoms with Crippen LogP contribution in [0.3, 0.4) is 0 Å². The van der Waals surface area contributed by atoms with Gasteiger partial charge in [0.2, 0.25) is 5.91 Å². The van der Waals surface area contributed by atoms with Gasteiger partial charge in [0, 0.05) is 24.5 Å². The SMILES string of the molecule is CCC(NC(C)CC(=O)NC(C)C)C1CC1. The first-order valence-corrected chi connectivity index (χ1v) is 6.58. The molecule has 16 heavy (non-hydrogen) atoms. The van der Waals surface area contributed by atoms with Crippen LogP contribution in [0.25, 0.3) is 0 Å². The Balaban J connectivity index is 2.23. The van der Waals surface area contributed by atoms with Gasteiger partial charge in [-0.15, -0.1) is 0 Å². The molecule has 1 rings (SSSR count). The standard InChI is InChI=1S/C13H26N2O/c1-5-12(11-6-7-11)15-10(4)8-13(16)14-9(2)3/h9-12,15H,5-8H2,1-4H3,(H,14,16). The largest absolute Gasteiger partial charge is 0.354 e. The topological polar surface area (TPSA) is 41.1 Å². The van der Waals surface area contributed by atoms with Gasteiger partial charge in [0.1, 0.15) is 0 Å². The highest BCUT2D eigenvalue weighted by Crippen LogP contribution is 2.34. The molecule has 0 heterocycles. The minimum absolute atomic E-state index is 0.153. The predicted molar refractivity (Wildman–Crippen MR) is 67.3 cm³/mol. The monoisotopic (exact) mass is 226 g/mol. The van der Waals surface area contributed by atoms with E-state index in [0.29, 0.717) is 12.5 Å². The molecule has 1 saturated carbocycles. The van der Waals surface area contributed by atoms with Gasteiger partial charge in [-0.05, 0) is 46.0 Å². The third kappa shape index (κ3) is 4.97. The normalized spacial score (nSPS) is 19.6. The zero-order valence-electron chi connectivity index (χ0n) is 11.0. The molecule has 0 saturated heterocycles. The van der Waals surface area contributed by atoms with Crippen molar-refractivity contribution in [2.24, 2.45) is 5.92 Å². The Morgan fingerprint density at radius 3 is 2.38 bits per heavy atom. The molecule has 1 amide bonds. The second-order valence-corrected chi connectivity index (χ2v) is 5.35. The van der Waals surface area contributed by atoms with Crippen LogP contribution in [0.1, 0.15) is 53.4 Å². The second-order valence-electron chi connectivity index (χ2n) is 5.35. The van der Waals surface area contributed by atoms with Crippen LogP contribution < -0.4 is 10.6 Å². The molecule has 0 aromatic heterocycles. The van der Waals surface area contributed by atoms with Crippen LogP contribution in [0.15, 0.2) is 0 Å². The number of carbonyl (C=O) groups is 1. The second kappa shape index (κ2) is 6.24. The van der Waals surface area contributed by atoms with Crippen molar-refractivity contribution in [1.29, 1.82) is 0 Å². The molecule has 2 N–H and O–H groups in total. The molecule has 0 bridgehead atoms. The summed E-state index contributed by atoms with van der Waals surface area (Å²) in [6.07, 6.45) is 4.47. The molecule has 1 aliphatic carbocycles. The fourth-order valence-corrected chi connectivity index (χ4v) is 2.17. The van der Waals surface area contributed by atoms with E-state index in [1.807, 2.05) is 13.8 Å². The van der Waals surface area contributed by atoms with Crippen LogP contribution in [0, 0.1) is 5.92 Å². The minimum atomic E-state index is 0.153. The molecular weight excluding hydrogens is 200 g/mol. The summed E-state index contributed by atoms with van der Waals surface area (Å²) in [5.74, 6) is 1.02. The summed E-state index contributed by atoms with van der Waals surface area (Å²) in [7, 11) is 0. The molecule has 2 atom stereocenters. The van der Waals surface area contributed by atoms with Crippen LogP contribution in [-0.4, -0.2) is 24.0 Å². The molecule has 3 nitrogen and oxygen atoms in total. The lowest BCUT2D eigenvalue weighted by molar-refractivity contribution is -0.122. The van der Waals surface area contributed by atoms with Crippen LogP contribution in [-0.2, 0) is 4.79 Å². The third-order valence-electron chi connectivity index (χ3n) is 3.07. The Morgan fingerprint density at radius 1 is 1.31 bits per heavy atom. The highest BCUT2D eigenvalue weighted by Gasteiger charge is 2.30. The predicted octanol–water partition coefficient (Wildman–Crippen LogP) is 2.07. The van der Waals surface area contributed by atoms with Crippen LogP contribution in [0.2, 0.25) is 0 Å². The van der Waals surface area contributed by atoms with Gasteiger partial charge in [0.25, 0.3) is 0 Å². The number of rotatable bonds is 7. The molecule has 0 aliphatic heterocycles. The molecule has 0 aromatic rings. The van der Waals surface area contributed by atoms with Gasteiger partial charge < -0.3 is 10.6 Å². The number of hydrogen-bond donors (Lipinski definition) is 2. The van der Waals surface area contributed by atoms with Crippen molar-refractivity contribution in [3.05, 3.63) is 0 Å². The Morgan fingerprint density at radius 2 is 1.94 bits per heavy atom. The molecule has 94 valence electrons. The van der Waals surface area contributed by atoms with Gasteiger partial charge in [0.05, 0.1) is 0 Å². The lowest BCUT2D eigenvalue weighted by Crippen LogP contribution is -2.41. The van der Waals surface area contributed by atoms with Crippen molar-refractivity contribution >= 4 is 5.91 Å². The molecule has 1 aliphatic rings. The quantitative estimate of drug-likeness (QED) is 0.698. The van der Waals surface area contributed by atoms with Crippen LogP contribution in [0.4, 0.5) is 0 Å². The number of nitrogens with one attached hydrogen (secondary N) is 2. The van der Waals surface area contributed by atoms with Gasteiger partial charge in [-0.1, -0.05) is 6.92 Å². The summed E-state index contributed by atoms with van der Waals surface area (Å²) in [6.45, 7) is 8.31. The molecule has 0 spiro atoms. The van der Waals surface area contributed by atoms with Crippen LogP contribution in [0.5, 0.6) is 0 Å². The molecule has 2 unspecified atom stereocenters. The third-order valence-corrected chi connectivity index (χ3v) is 3.07. The van der Waals surface area contributed by atoms with E-state index in [0.717, 1.165) is 5.92 Å². The van der Waals surface area contributed by atoms with Gasteiger partial charge >= 0.3 is 0 Å². The lowest BCUT2D eigenvalue weighted by Gasteiger charge is -2.22. The first-order valence-electron chi connectivity index (χ1n) is 6.58. The van der Waals surface area contributed by atoms with Gasteiger partial charge in [0.15, 0.2) is 0 Å². The van der Waals surface area contributed by atoms with Gasteiger partial charge in [-0.3, -0.25) is 4.79 Å². The first kappa shape index (κ1) is 13.5. The molecule has 1 fully saturated rings. The average Bonchev–Trinajstić information content (AvgIpc) is 2.95. The summed E-state index contributed by atoms with van der Waals surface area (Å²) in [5.41, 5.74) is 0. The van der Waals surface area contributed by atoms with Crippen molar-refractivity contribution in [3.8, 4) is 0 Å². The van der Waals surface area contributed by atoms with Crippen LogP contribution >= 0.6 is 0 Å². The number of hydrogen-bond acceptors (Lipinski definition) is 2. The Hall–Kier alpha value is -0.570. The van der Waals surface area contributed by atoms with E-state index in [1.165, 1.54) is 19.3 Å². The molecule has 0 radical (unpaired) electrons. The lowest BCUT2D eigenvalue weighted by atomic mass is 10.1. The van der Waals surface area contributed by atoms with Crippen molar-refractivity contribution in [2.45, 2.75) is 71.5 Å². The average molecular weight is 226 g/mol. The number of carbonyl (C=O) groups excluding carboxylic acids is 1. The number of amides is 1. The van der Waals surface area contributed by atoms with E-state index in [2.05, 4.69) is 24.5 Å². The van der Waals surface area contributed by atoms with Crippen molar-refractivity contribution < 1.29 is 4.79 Å². The minimum Gasteiger partial charge on any atom is -0.354 e. The summed E-state index contributed by atoms with van der Waals surface area (Å²) in [5, 5.41) is 6.50. The van der Waals surface area contributed by atoms with E-state index in [1.54, 1.807) is 0 Å². The van der Waals surface area contributed by atoms with E-state index >= 15 is 0 Å². The Bertz CT molecular complexity index is 224. The van der Waals surface area contributed by atoms with Crippen molar-refractivity contribution in [2.75, 3.05) is 0 Å². The molecular formula is C13H26N2O. The maximum atomic E-state index is 11.6. The fraction of sp³-hybridized carbons (Fsp3) is 0.923. The van der Waals surface area contributed by atoms with E-state index in [4.69, 9.17) is 0 Å². The maximum Gasteiger partial charge on any atom is 0.221 e. The zero-order valence-corrected chi connectivity index (χ0v) is 11.0. The summed E-state index contributed by atoms with van der Waals surface area (Å²) in [6, 6.07) is 1.14. The summed E-state index contributed by atoms with van der Waals surface area (Å²) >= 11 is 0. The van der Waals surface area contributed by atoms with Crippen molar-refractivity contribution in [3.63, 3.8) is 0 Å². The Labute approximate surface area is 99.4 Å². The zero-order chi connectivity index (χ0) is 12.1. The molecule has 3 heteroatoms. The smallest absolute Gasteiger partial charge is 0.221 e. The molecule has 0 aromatic carbocycles. The highest BCUT2D eigenvalue weighted by molar-refractivity contribution is 5.76. The van der Waals surface area contributed by atoms with E-state index in [-0.39, 0.29) is 18.0 Å². The van der Waals surface area contributed by atoms with E-state index < -0.39 is 0 Å². The van der Waals surface area contributed by atoms with Gasteiger partial charge in [-0.25, -0.2) is 0 Å². The summed E-state index contributed by atoms with van der Waals surface area (Å²) < 4.78 is 0. The van der Waals surface area contributed by atoms with Gasteiger partial charge in [-0.2, -0.15) is 0 Å². The van der Waals surface area contributed by atoms with E-state index in [9.17, 15) is 4.79 Å². The Kier molecular flexibility index (Phi) is 5.26. The van der Waals surface area contributed by atoms with Crippen molar-refractivity contribution in [1.82, 2.24) is 10.6 Å². The first-order chi connectivity index (χ1) is 7.52.